The van der Waals surface area contributed by atoms with Gasteiger partial charge in [-0.15, -0.1) is 0 Å². The number of carbonyl (C=O) groups is 2. The molecular weight excluding hydrogens is 383 g/mol. The van der Waals surface area contributed by atoms with Crippen molar-refractivity contribution in [1.29, 1.82) is 0 Å². The summed E-state index contributed by atoms with van der Waals surface area (Å²) in [7, 11) is 0. The smallest absolute Gasteiger partial charge is 0.331 e. The van der Waals surface area contributed by atoms with E-state index in [1.807, 2.05) is 30.3 Å². The molecule has 2 aromatic carbocycles. The third-order valence-corrected chi connectivity index (χ3v) is 5.04. The number of nitrogens with zero attached hydrogens (tertiary/aromatic N) is 2. The van der Waals surface area contributed by atoms with Crippen molar-refractivity contribution in [2.45, 2.75) is 31.8 Å². The minimum atomic E-state index is -0.653. The Bertz CT molecular complexity index is 1070. The van der Waals surface area contributed by atoms with Gasteiger partial charge in [-0.05, 0) is 61.7 Å². The monoisotopic (exact) mass is 404 g/mol. The van der Waals surface area contributed by atoms with Gasteiger partial charge in [0.25, 0.3) is 0 Å². The van der Waals surface area contributed by atoms with E-state index in [0.29, 0.717) is 24.1 Å². The van der Waals surface area contributed by atoms with E-state index in [1.165, 1.54) is 18.2 Å². The minimum Gasteiger partial charge on any atom is -0.451 e. The fourth-order valence-electron chi connectivity index (χ4n) is 3.47. The number of para-hydroxylation sites is 1. The fraction of sp³-hybridized carbons (Fsp3) is 0.208. The number of halogens is 1. The molecule has 0 unspecified atom stereocenters. The maximum Gasteiger partial charge on any atom is 0.331 e. The fourth-order valence-corrected chi connectivity index (χ4v) is 3.47. The Balaban J connectivity index is 1.61. The van der Waals surface area contributed by atoms with E-state index >= 15 is 0 Å². The average Bonchev–Trinajstić information content (AvgIpc) is 3.19. The summed E-state index contributed by atoms with van der Waals surface area (Å²) in [6, 6.07) is 15.6. The van der Waals surface area contributed by atoms with Gasteiger partial charge in [0, 0.05) is 29.8 Å². The maximum atomic E-state index is 13.4. The van der Waals surface area contributed by atoms with Gasteiger partial charge in [-0.2, -0.15) is 5.10 Å². The first-order chi connectivity index (χ1) is 14.6. The quantitative estimate of drug-likeness (QED) is 0.455. The third-order valence-electron chi connectivity index (χ3n) is 5.04. The van der Waals surface area contributed by atoms with Crippen LogP contribution in [-0.2, 0) is 14.3 Å². The van der Waals surface area contributed by atoms with Gasteiger partial charge in [-0.3, -0.25) is 4.79 Å². The summed E-state index contributed by atoms with van der Waals surface area (Å²) in [5.41, 5.74) is 2.87. The van der Waals surface area contributed by atoms with Crippen molar-refractivity contribution in [3.05, 3.63) is 78.3 Å². The Kier molecular flexibility index (Phi) is 5.84. The highest BCUT2D eigenvalue weighted by atomic mass is 19.1. The van der Waals surface area contributed by atoms with Crippen molar-refractivity contribution in [2.75, 3.05) is 0 Å². The molecule has 0 aliphatic heterocycles. The number of ketones is 1. The van der Waals surface area contributed by atoms with Gasteiger partial charge >= 0.3 is 5.97 Å². The Labute approximate surface area is 173 Å². The maximum absolute atomic E-state index is 13.4. The number of hydrogen-bond donors (Lipinski definition) is 0. The normalized spacial score (nSPS) is 16.7. The predicted octanol–water partition coefficient (Wildman–Crippen LogP) is 4.75. The van der Waals surface area contributed by atoms with E-state index in [2.05, 4.69) is 5.10 Å². The third kappa shape index (κ3) is 4.54. The lowest BCUT2D eigenvalue weighted by atomic mass is 9.96. The zero-order chi connectivity index (χ0) is 20.9. The number of ether oxygens (including phenoxy) is 1. The molecule has 152 valence electrons. The standard InChI is InChI=1S/C24H21FN2O3/c25-19-13-10-17(11-14-19)24-18(16-27(26-24)20-6-2-1-3-7-20)12-15-23(29)30-22-9-5-4-8-21(22)28/h1-3,6-7,10-16,22H,4-5,8-9H2/b15-12+/t22-/m0/s1. The summed E-state index contributed by atoms with van der Waals surface area (Å²) < 4.78 is 20.4. The van der Waals surface area contributed by atoms with Crippen molar-refractivity contribution in [3.8, 4) is 16.9 Å². The molecule has 1 fully saturated rings. The molecule has 0 radical (unpaired) electrons. The van der Waals surface area contributed by atoms with Crippen molar-refractivity contribution in [3.63, 3.8) is 0 Å². The van der Waals surface area contributed by atoms with Gasteiger partial charge < -0.3 is 4.74 Å². The molecule has 1 saturated carbocycles. The molecule has 0 N–H and O–H groups in total. The Hall–Kier alpha value is -3.54. The van der Waals surface area contributed by atoms with Gasteiger partial charge in [0.2, 0.25) is 0 Å². The molecule has 0 saturated heterocycles. The lowest BCUT2D eigenvalue weighted by Gasteiger charge is -2.19. The zero-order valence-corrected chi connectivity index (χ0v) is 16.3. The van der Waals surface area contributed by atoms with Crippen LogP contribution in [0, 0.1) is 5.82 Å². The summed E-state index contributed by atoms with van der Waals surface area (Å²) in [6.07, 6.45) is 6.82. The van der Waals surface area contributed by atoms with Crippen molar-refractivity contribution < 1.29 is 18.7 Å². The van der Waals surface area contributed by atoms with Gasteiger partial charge in [-0.1, -0.05) is 18.2 Å². The Morgan fingerprint density at radius 1 is 1.10 bits per heavy atom. The van der Waals surface area contributed by atoms with Gasteiger partial charge in [0.15, 0.2) is 11.9 Å². The summed E-state index contributed by atoms with van der Waals surface area (Å²) in [6.45, 7) is 0. The number of benzene rings is 2. The Morgan fingerprint density at radius 3 is 2.60 bits per heavy atom. The topological polar surface area (TPSA) is 61.2 Å². The van der Waals surface area contributed by atoms with Crippen LogP contribution in [-0.4, -0.2) is 27.6 Å². The van der Waals surface area contributed by atoms with Crippen LogP contribution in [0.1, 0.15) is 31.2 Å². The molecule has 3 aromatic rings. The van der Waals surface area contributed by atoms with E-state index < -0.39 is 12.1 Å². The molecule has 1 aromatic heterocycles. The van der Waals surface area contributed by atoms with Crippen LogP contribution in [0.3, 0.4) is 0 Å². The molecule has 1 aliphatic rings. The van der Waals surface area contributed by atoms with E-state index in [9.17, 15) is 14.0 Å². The van der Waals surface area contributed by atoms with E-state index in [-0.39, 0.29) is 11.6 Å². The number of aromatic nitrogens is 2. The second kappa shape index (κ2) is 8.86. The van der Waals surface area contributed by atoms with E-state index in [0.717, 1.165) is 24.1 Å². The molecule has 1 atom stereocenters. The summed E-state index contributed by atoms with van der Waals surface area (Å²) >= 11 is 0. The summed E-state index contributed by atoms with van der Waals surface area (Å²) in [4.78, 5) is 24.1. The first-order valence-electron chi connectivity index (χ1n) is 9.92. The van der Waals surface area contributed by atoms with Gasteiger partial charge in [-0.25, -0.2) is 13.9 Å². The molecule has 1 heterocycles. The number of carbonyl (C=O) groups excluding carboxylic acids is 2. The van der Waals surface area contributed by atoms with Gasteiger partial charge in [0.1, 0.15) is 5.82 Å². The molecule has 0 amide bonds. The molecular formula is C24H21FN2O3. The highest BCUT2D eigenvalue weighted by Crippen LogP contribution is 2.25. The van der Waals surface area contributed by atoms with Gasteiger partial charge in [0.05, 0.1) is 11.4 Å². The molecule has 6 heteroatoms. The van der Waals surface area contributed by atoms with E-state index in [4.69, 9.17) is 4.74 Å². The number of esters is 1. The van der Waals surface area contributed by atoms with Crippen LogP contribution in [0.15, 0.2) is 66.9 Å². The lowest BCUT2D eigenvalue weighted by molar-refractivity contribution is -0.152. The first-order valence-corrected chi connectivity index (χ1v) is 9.92. The number of rotatable bonds is 5. The Morgan fingerprint density at radius 2 is 1.87 bits per heavy atom. The number of Topliss-reactive ketones (excluding diaryl/α,β-unsaturated/α-hetero) is 1. The van der Waals surface area contributed by atoms with Crippen LogP contribution >= 0.6 is 0 Å². The zero-order valence-electron chi connectivity index (χ0n) is 16.3. The van der Waals surface area contributed by atoms with Crippen molar-refractivity contribution in [2.24, 2.45) is 0 Å². The average molecular weight is 404 g/mol. The molecule has 0 bridgehead atoms. The van der Waals surface area contributed by atoms with Crippen LogP contribution in [0.25, 0.3) is 23.0 Å². The molecule has 1 aliphatic carbocycles. The second-order valence-electron chi connectivity index (χ2n) is 7.19. The molecule has 5 nitrogen and oxygen atoms in total. The van der Waals surface area contributed by atoms with Crippen LogP contribution < -0.4 is 0 Å². The van der Waals surface area contributed by atoms with E-state index in [1.54, 1.807) is 29.1 Å². The van der Waals surface area contributed by atoms with Crippen molar-refractivity contribution in [1.82, 2.24) is 9.78 Å². The number of hydrogen-bond acceptors (Lipinski definition) is 4. The highest BCUT2D eigenvalue weighted by molar-refractivity contribution is 5.92. The highest BCUT2D eigenvalue weighted by Gasteiger charge is 2.25. The molecule has 0 spiro atoms. The second-order valence-corrected chi connectivity index (χ2v) is 7.19. The molecule has 30 heavy (non-hydrogen) atoms. The van der Waals surface area contributed by atoms with Crippen LogP contribution in [0.2, 0.25) is 0 Å². The SMILES string of the molecule is O=C(/C=C/c1cn(-c2ccccc2)nc1-c1ccc(F)cc1)O[C@H]1CCCCC1=O. The molecule has 4 rings (SSSR count). The first kappa shape index (κ1) is 19.8. The van der Waals surface area contributed by atoms with Crippen LogP contribution in [0.4, 0.5) is 4.39 Å². The summed E-state index contributed by atoms with van der Waals surface area (Å²) in [5, 5.41) is 4.62. The van der Waals surface area contributed by atoms with Crippen LogP contribution in [0.5, 0.6) is 0 Å². The van der Waals surface area contributed by atoms with Crippen molar-refractivity contribution >= 4 is 17.8 Å². The largest absolute Gasteiger partial charge is 0.451 e. The minimum absolute atomic E-state index is 0.0214. The predicted molar refractivity (Wildman–Crippen MR) is 111 cm³/mol. The summed E-state index contributed by atoms with van der Waals surface area (Å²) in [5.74, 6) is -0.918. The lowest BCUT2D eigenvalue weighted by Crippen LogP contribution is -2.29.